The lowest BCUT2D eigenvalue weighted by Crippen LogP contribution is -2.31. The summed E-state index contributed by atoms with van der Waals surface area (Å²) in [4.78, 5) is 0. The van der Waals surface area contributed by atoms with Crippen molar-refractivity contribution >= 4 is 0 Å². The Kier molecular flexibility index (Phi) is 6.19. The van der Waals surface area contributed by atoms with Gasteiger partial charge in [-0.1, -0.05) is 33.3 Å². The van der Waals surface area contributed by atoms with Crippen molar-refractivity contribution in [1.29, 1.82) is 0 Å². The van der Waals surface area contributed by atoms with Gasteiger partial charge in [-0.05, 0) is 44.6 Å². The van der Waals surface area contributed by atoms with Gasteiger partial charge in [0.05, 0.1) is 0 Å². The third-order valence-corrected chi connectivity index (χ3v) is 3.44. The average Bonchev–Trinajstić information content (AvgIpc) is 2.09. The van der Waals surface area contributed by atoms with E-state index >= 15 is 0 Å². The summed E-state index contributed by atoms with van der Waals surface area (Å²) in [6.45, 7) is 15.4. The number of nitrogens with one attached hydrogen (secondary N) is 1. The summed E-state index contributed by atoms with van der Waals surface area (Å²) >= 11 is 0. The van der Waals surface area contributed by atoms with Crippen LogP contribution in [-0.4, -0.2) is 13.1 Å². The lowest BCUT2D eigenvalue weighted by molar-refractivity contribution is 0.222. The van der Waals surface area contributed by atoms with E-state index < -0.39 is 0 Å². The van der Waals surface area contributed by atoms with Crippen molar-refractivity contribution in [2.75, 3.05) is 7.05 Å². The second-order valence-electron chi connectivity index (χ2n) is 5.98. The Hall–Kier alpha value is -0.300. The molecule has 1 heteroatoms. The minimum Gasteiger partial charge on any atom is -0.317 e. The molecule has 0 aliphatic heterocycles. The van der Waals surface area contributed by atoms with E-state index in [0.717, 1.165) is 12.3 Å². The zero-order chi connectivity index (χ0) is 12.1. The van der Waals surface area contributed by atoms with Gasteiger partial charge in [-0.3, -0.25) is 0 Å². The molecule has 0 spiro atoms. The molecule has 90 valence electrons. The lowest BCUT2D eigenvalue weighted by atomic mass is 9.78. The molecule has 0 saturated heterocycles. The molecule has 0 aliphatic carbocycles. The van der Waals surface area contributed by atoms with E-state index in [-0.39, 0.29) is 0 Å². The Labute approximate surface area is 96.3 Å². The van der Waals surface area contributed by atoms with E-state index in [4.69, 9.17) is 0 Å². The molecule has 15 heavy (non-hydrogen) atoms. The molecule has 0 bridgehead atoms. The second-order valence-corrected chi connectivity index (χ2v) is 5.98. The van der Waals surface area contributed by atoms with Crippen molar-refractivity contribution in [1.82, 2.24) is 5.32 Å². The van der Waals surface area contributed by atoms with Gasteiger partial charge in [0.1, 0.15) is 0 Å². The zero-order valence-corrected chi connectivity index (χ0v) is 11.5. The minimum absolute atomic E-state index is 0.415. The topological polar surface area (TPSA) is 12.0 Å². The number of hydrogen-bond donors (Lipinski definition) is 1. The molecule has 0 aromatic carbocycles. The van der Waals surface area contributed by atoms with Crippen LogP contribution < -0.4 is 5.32 Å². The maximum atomic E-state index is 3.96. The van der Waals surface area contributed by atoms with Gasteiger partial charge in [0.15, 0.2) is 0 Å². The average molecular weight is 211 g/mol. The highest BCUT2D eigenvalue weighted by molar-refractivity contribution is 4.89. The first kappa shape index (κ1) is 14.7. The molecule has 2 unspecified atom stereocenters. The van der Waals surface area contributed by atoms with Crippen LogP contribution in [0.4, 0.5) is 0 Å². The molecule has 0 heterocycles. The molecule has 0 radical (unpaired) electrons. The number of rotatable bonds is 6. The third kappa shape index (κ3) is 6.72. The van der Waals surface area contributed by atoms with Gasteiger partial charge in [-0.2, -0.15) is 0 Å². The highest BCUT2D eigenvalue weighted by Crippen LogP contribution is 2.29. The second kappa shape index (κ2) is 6.32. The number of hydrogen-bond acceptors (Lipinski definition) is 1. The van der Waals surface area contributed by atoms with E-state index in [1.54, 1.807) is 0 Å². The molecule has 0 fully saturated rings. The van der Waals surface area contributed by atoms with Crippen LogP contribution in [0.5, 0.6) is 0 Å². The third-order valence-electron chi connectivity index (χ3n) is 3.44. The molecule has 0 rings (SSSR count). The lowest BCUT2D eigenvalue weighted by Gasteiger charge is -2.30. The van der Waals surface area contributed by atoms with E-state index in [9.17, 15) is 0 Å². The first-order chi connectivity index (χ1) is 6.77. The van der Waals surface area contributed by atoms with Crippen LogP contribution in [0.1, 0.15) is 53.9 Å². The summed E-state index contributed by atoms with van der Waals surface area (Å²) in [6, 6.07) is 0.635. The minimum atomic E-state index is 0.415. The highest BCUT2D eigenvalue weighted by atomic mass is 14.9. The monoisotopic (exact) mass is 211 g/mol. The molecule has 2 atom stereocenters. The first-order valence-electron chi connectivity index (χ1n) is 6.09. The van der Waals surface area contributed by atoms with Crippen molar-refractivity contribution in [2.24, 2.45) is 11.3 Å². The van der Waals surface area contributed by atoms with E-state index in [1.807, 2.05) is 0 Å². The fourth-order valence-corrected chi connectivity index (χ4v) is 1.58. The van der Waals surface area contributed by atoms with Gasteiger partial charge in [-0.25, -0.2) is 0 Å². The summed E-state index contributed by atoms with van der Waals surface area (Å²) < 4.78 is 0. The highest BCUT2D eigenvalue weighted by Gasteiger charge is 2.22. The van der Waals surface area contributed by atoms with Gasteiger partial charge in [0.2, 0.25) is 0 Å². The quantitative estimate of drug-likeness (QED) is 0.655. The molecular weight excluding hydrogens is 182 g/mol. The largest absolute Gasteiger partial charge is 0.317 e. The fourth-order valence-electron chi connectivity index (χ4n) is 1.58. The summed E-state index contributed by atoms with van der Waals surface area (Å²) in [5.74, 6) is 0.750. The summed E-state index contributed by atoms with van der Waals surface area (Å²) in [7, 11) is 2.07. The molecule has 0 aromatic heterocycles. The summed E-state index contributed by atoms with van der Waals surface area (Å²) in [6.07, 6.45) is 3.61. The molecule has 1 nitrogen and oxygen atoms in total. The Balaban J connectivity index is 4.04. The predicted octanol–water partition coefficient (Wildman–Crippen LogP) is 4.00. The van der Waals surface area contributed by atoms with Gasteiger partial charge < -0.3 is 5.32 Å². The van der Waals surface area contributed by atoms with Crippen LogP contribution in [0.2, 0.25) is 0 Å². The predicted molar refractivity (Wildman–Crippen MR) is 70.1 cm³/mol. The normalized spacial score (nSPS) is 16.1. The molecule has 1 N–H and O–H groups in total. The van der Waals surface area contributed by atoms with Crippen molar-refractivity contribution < 1.29 is 0 Å². The Morgan fingerprint density at radius 2 is 1.87 bits per heavy atom. The molecule has 0 aliphatic rings. The zero-order valence-electron chi connectivity index (χ0n) is 11.5. The molecule has 0 saturated carbocycles. The van der Waals surface area contributed by atoms with Gasteiger partial charge in [0.25, 0.3) is 0 Å². The Morgan fingerprint density at radius 1 is 1.33 bits per heavy atom. The van der Waals surface area contributed by atoms with Gasteiger partial charge in [0, 0.05) is 6.04 Å². The molecular formula is C14H29N. The smallest absolute Gasteiger partial charge is 0.00698 e. The maximum Gasteiger partial charge on any atom is 0.00698 e. The molecule has 0 aromatic rings. The number of allylic oxidation sites excluding steroid dienone is 1. The molecule has 0 amide bonds. The van der Waals surface area contributed by atoms with E-state index in [2.05, 4.69) is 53.6 Å². The van der Waals surface area contributed by atoms with E-state index in [1.165, 1.54) is 18.4 Å². The van der Waals surface area contributed by atoms with Gasteiger partial charge in [-0.15, -0.1) is 6.58 Å². The van der Waals surface area contributed by atoms with Crippen molar-refractivity contribution in [3.05, 3.63) is 12.2 Å². The van der Waals surface area contributed by atoms with Crippen LogP contribution in [-0.2, 0) is 0 Å². The van der Waals surface area contributed by atoms with Crippen molar-refractivity contribution in [2.45, 2.75) is 59.9 Å². The summed E-state index contributed by atoms with van der Waals surface area (Å²) in [5, 5.41) is 3.42. The van der Waals surface area contributed by atoms with Crippen LogP contribution in [0.25, 0.3) is 0 Å². The van der Waals surface area contributed by atoms with Crippen molar-refractivity contribution in [3.63, 3.8) is 0 Å². The van der Waals surface area contributed by atoms with Gasteiger partial charge >= 0.3 is 0 Å². The maximum absolute atomic E-state index is 3.96. The van der Waals surface area contributed by atoms with Crippen molar-refractivity contribution in [3.8, 4) is 0 Å². The first-order valence-corrected chi connectivity index (χ1v) is 6.09. The van der Waals surface area contributed by atoms with E-state index in [0.29, 0.717) is 11.5 Å². The summed E-state index contributed by atoms with van der Waals surface area (Å²) in [5.41, 5.74) is 1.71. The Bertz CT molecular complexity index is 188. The van der Waals surface area contributed by atoms with Crippen LogP contribution in [0, 0.1) is 11.3 Å². The fraction of sp³-hybridized carbons (Fsp3) is 0.857. The van der Waals surface area contributed by atoms with Crippen LogP contribution in [0.3, 0.4) is 0 Å². The SMILES string of the molecule is C=C(C)CCC(CC(C)C(C)(C)C)NC. The Morgan fingerprint density at radius 3 is 2.20 bits per heavy atom. The standard InChI is InChI=1S/C14H29N/c1-11(2)8-9-13(15-7)10-12(3)14(4,5)6/h12-13,15H,1,8-10H2,2-7H3. The van der Waals surface area contributed by atoms with Crippen LogP contribution in [0.15, 0.2) is 12.2 Å². The van der Waals surface area contributed by atoms with Crippen LogP contribution >= 0.6 is 0 Å².